The summed E-state index contributed by atoms with van der Waals surface area (Å²) in [5.74, 6) is -0.234. The standard InChI is InChI=1S/C29H27FN6O/c1-29(30)18-35(19-29)15-21-8-5-9-22(10-21)23-11-25-26(14-32-27(25)31-12-23)34-28(37)24-13-33-36(17-24)16-20-6-3-2-4-7-20/h2-14,17H,15-16,18-19H2,1H3,(H,31,32)(H,34,37). The molecule has 5 aromatic rings. The van der Waals surface area contributed by atoms with Crippen molar-refractivity contribution in [2.75, 3.05) is 18.4 Å². The Morgan fingerprint density at radius 3 is 2.65 bits per heavy atom. The lowest BCUT2D eigenvalue weighted by atomic mass is 9.97. The summed E-state index contributed by atoms with van der Waals surface area (Å²) in [5, 5.41) is 8.15. The number of rotatable bonds is 7. The molecule has 3 aromatic heterocycles. The molecule has 4 heterocycles. The number of alkyl halides is 1. The van der Waals surface area contributed by atoms with Gasteiger partial charge in [-0.3, -0.25) is 14.4 Å². The number of nitrogens with one attached hydrogen (secondary N) is 2. The minimum atomic E-state index is -1.08. The van der Waals surface area contributed by atoms with E-state index in [0.717, 1.165) is 27.6 Å². The first-order valence-electron chi connectivity index (χ1n) is 12.3. The molecule has 8 heteroatoms. The second kappa shape index (κ2) is 9.29. The van der Waals surface area contributed by atoms with Crippen LogP contribution >= 0.6 is 0 Å². The zero-order chi connectivity index (χ0) is 25.4. The second-order valence-electron chi connectivity index (χ2n) is 9.95. The zero-order valence-corrected chi connectivity index (χ0v) is 20.5. The van der Waals surface area contributed by atoms with Crippen molar-refractivity contribution in [3.8, 4) is 11.1 Å². The van der Waals surface area contributed by atoms with Crippen molar-refractivity contribution in [2.24, 2.45) is 0 Å². The molecule has 1 aliphatic rings. The Hall–Kier alpha value is -4.30. The number of aromatic amines is 1. The first-order chi connectivity index (χ1) is 17.9. The number of carbonyl (C=O) groups excluding carboxylic acids is 1. The molecular formula is C29H27FN6O. The molecule has 6 rings (SSSR count). The maximum absolute atomic E-state index is 13.9. The van der Waals surface area contributed by atoms with E-state index in [2.05, 4.69) is 37.4 Å². The second-order valence-corrected chi connectivity index (χ2v) is 9.95. The molecular weight excluding hydrogens is 467 g/mol. The van der Waals surface area contributed by atoms with Gasteiger partial charge in [0, 0.05) is 49.2 Å². The van der Waals surface area contributed by atoms with Crippen LogP contribution in [0.1, 0.15) is 28.4 Å². The summed E-state index contributed by atoms with van der Waals surface area (Å²) < 4.78 is 15.6. The average Bonchev–Trinajstić information content (AvgIpc) is 3.51. The van der Waals surface area contributed by atoms with Crippen LogP contribution in [0, 0.1) is 0 Å². The summed E-state index contributed by atoms with van der Waals surface area (Å²) in [6.45, 7) is 3.88. The number of fused-ring (bicyclic) bond motifs is 1. The van der Waals surface area contributed by atoms with Gasteiger partial charge in [0.05, 0.1) is 24.0 Å². The number of hydrogen-bond acceptors (Lipinski definition) is 4. The molecule has 1 aliphatic heterocycles. The number of halogens is 1. The summed E-state index contributed by atoms with van der Waals surface area (Å²) in [6, 6.07) is 20.2. The Balaban J connectivity index is 1.19. The average molecular weight is 495 g/mol. The van der Waals surface area contributed by atoms with Crippen LogP contribution in [-0.4, -0.2) is 49.3 Å². The zero-order valence-electron chi connectivity index (χ0n) is 20.5. The van der Waals surface area contributed by atoms with E-state index < -0.39 is 5.67 Å². The number of hydrogen-bond donors (Lipinski definition) is 2. The third-order valence-electron chi connectivity index (χ3n) is 6.64. The monoisotopic (exact) mass is 494 g/mol. The van der Waals surface area contributed by atoms with Crippen LogP contribution in [-0.2, 0) is 13.1 Å². The molecule has 1 fully saturated rings. The number of benzene rings is 2. The Bertz CT molecular complexity index is 1560. The molecule has 7 nitrogen and oxygen atoms in total. The fourth-order valence-electron chi connectivity index (χ4n) is 4.90. The van der Waals surface area contributed by atoms with Crippen LogP contribution in [0.5, 0.6) is 0 Å². The third-order valence-corrected chi connectivity index (χ3v) is 6.64. The predicted molar refractivity (Wildman–Crippen MR) is 142 cm³/mol. The summed E-state index contributed by atoms with van der Waals surface area (Å²) >= 11 is 0. The highest BCUT2D eigenvalue weighted by atomic mass is 19.1. The molecule has 0 bridgehead atoms. The summed E-state index contributed by atoms with van der Waals surface area (Å²) in [5.41, 5.74) is 4.96. The van der Waals surface area contributed by atoms with E-state index in [1.165, 1.54) is 0 Å². The van der Waals surface area contributed by atoms with Crippen molar-refractivity contribution >= 4 is 22.6 Å². The van der Waals surface area contributed by atoms with Crippen LogP contribution in [0.4, 0.5) is 10.1 Å². The van der Waals surface area contributed by atoms with E-state index in [4.69, 9.17) is 0 Å². The largest absolute Gasteiger partial charge is 0.344 e. The molecule has 0 radical (unpaired) electrons. The number of pyridine rings is 1. The van der Waals surface area contributed by atoms with E-state index in [-0.39, 0.29) is 5.91 Å². The Labute approximate surface area is 214 Å². The highest BCUT2D eigenvalue weighted by Gasteiger charge is 2.38. The van der Waals surface area contributed by atoms with Gasteiger partial charge in [-0.15, -0.1) is 0 Å². The molecule has 0 aliphatic carbocycles. The molecule has 2 aromatic carbocycles. The van der Waals surface area contributed by atoms with Crippen molar-refractivity contribution in [1.29, 1.82) is 0 Å². The van der Waals surface area contributed by atoms with E-state index in [0.29, 0.717) is 43.1 Å². The van der Waals surface area contributed by atoms with Crippen LogP contribution in [0.3, 0.4) is 0 Å². The van der Waals surface area contributed by atoms with Gasteiger partial charge in [-0.25, -0.2) is 9.37 Å². The first-order valence-corrected chi connectivity index (χ1v) is 12.3. The van der Waals surface area contributed by atoms with E-state index in [1.54, 1.807) is 30.2 Å². The number of amides is 1. The van der Waals surface area contributed by atoms with Crippen molar-refractivity contribution in [3.63, 3.8) is 0 Å². The number of aromatic nitrogens is 4. The van der Waals surface area contributed by atoms with Gasteiger partial charge in [0.1, 0.15) is 11.3 Å². The van der Waals surface area contributed by atoms with Gasteiger partial charge in [0.25, 0.3) is 5.91 Å². The molecule has 0 saturated carbocycles. The third kappa shape index (κ3) is 5.01. The summed E-state index contributed by atoms with van der Waals surface area (Å²) in [7, 11) is 0. The predicted octanol–water partition coefficient (Wildman–Crippen LogP) is 5.27. The highest BCUT2D eigenvalue weighted by molar-refractivity contribution is 6.08. The number of likely N-dealkylation sites (tertiary alicyclic amines) is 1. The SMILES string of the molecule is CC1(F)CN(Cc2cccc(-c3cnc4[nH]cc(NC(=O)c5cnn(Cc6ccccc6)c5)c4c3)c2)C1. The van der Waals surface area contributed by atoms with E-state index in [1.807, 2.05) is 54.7 Å². The van der Waals surface area contributed by atoms with Gasteiger partial charge in [-0.2, -0.15) is 5.10 Å². The van der Waals surface area contributed by atoms with E-state index >= 15 is 0 Å². The molecule has 37 heavy (non-hydrogen) atoms. The van der Waals surface area contributed by atoms with Gasteiger partial charge in [-0.05, 0) is 35.7 Å². The lowest BCUT2D eigenvalue weighted by Gasteiger charge is -2.42. The summed E-state index contributed by atoms with van der Waals surface area (Å²) in [4.78, 5) is 22.8. The Morgan fingerprint density at radius 1 is 1.03 bits per heavy atom. The van der Waals surface area contributed by atoms with Crippen molar-refractivity contribution in [2.45, 2.75) is 25.7 Å². The van der Waals surface area contributed by atoms with Gasteiger partial charge >= 0.3 is 0 Å². The van der Waals surface area contributed by atoms with Crippen molar-refractivity contribution in [1.82, 2.24) is 24.6 Å². The summed E-state index contributed by atoms with van der Waals surface area (Å²) in [6.07, 6.45) is 6.89. The number of H-pyrrole nitrogens is 1. The number of carbonyl (C=O) groups is 1. The van der Waals surface area contributed by atoms with Crippen molar-refractivity contribution < 1.29 is 9.18 Å². The normalized spacial score (nSPS) is 15.0. The quantitative estimate of drug-likeness (QED) is 0.323. The van der Waals surface area contributed by atoms with Gasteiger partial charge in [0.15, 0.2) is 0 Å². The molecule has 0 spiro atoms. The first kappa shape index (κ1) is 23.1. The fourth-order valence-corrected chi connectivity index (χ4v) is 4.90. The highest BCUT2D eigenvalue weighted by Crippen LogP contribution is 2.30. The van der Waals surface area contributed by atoms with Crippen LogP contribution < -0.4 is 5.32 Å². The smallest absolute Gasteiger partial charge is 0.258 e. The number of anilines is 1. The molecule has 186 valence electrons. The van der Waals surface area contributed by atoms with Crippen molar-refractivity contribution in [3.05, 3.63) is 102 Å². The van der Waals surface area contributed by atoms with Crippen LogP contribution in [0.15, 0.2) is 85.5 Å². The van der Waals surface area contributed by atoms with Gasteiger partial charge in [-0.1, -0.05) is 48.5 Å². The van der Waals surface area contributed by atoms with Gasteiger partial charge in [0.2, 0.25) is 0 Å². The Morgan fingerprint density at radius 2 is 1.84 bits per heavy atom. The Kier molecular flexibility index (Phi) is 5.81. The molecule has 1 amide bonds. The molecule has 2 N–H and O–H groups in total. The maximum Gasteiger partial charge on any atom is 0.258 e. The van der Waals surface area contributed by atoms with Crippen LogP contribution in [0.2, 0.25) is 0 Å². The topological polar surface area (TPSA) is 78.8 Å². The fraction of sp³-hybridized carbons (Fsp3) is 0.207. The molecule has 1 saturated heterocycles. The minimum absolute atomic E-state index is 0.234. The van der Waals surface area contributed by atoms with Gasteiger partial charge < -0.3 is 10.3 Å². The maximum atomic E-state index is 13.9. The lowest BCUT2D eigenvalue weighted by molar-refractivity contribution is -0.0225. The lowest BCUT2D eigenvalue weighted by Crippen LogP contribution is -2.56. The minimum Gasteiger partial charge on any atom is -0.344 e. The van der Waals surface area contributed by atoms with E-state index in [9.17, 15) is 9.18 Å². The molecule has 0 unspecified atom stereocenters. The number of nitrogens with zero attached hydrogens (tertiary/aromatic N) is 4. The van der Waals surface area contributed by atoms with Crippen LogP contribution in [0.25, 0.3) is 22.2 Å². The molecule has 0 atom stereocenters.